The van der Waals surface area contributed by atoms with E-state index in [1.807, 2.05) is 54.4 Å². The number of hydrogen-bond acceptors (Lipinski definition) is 3. The number of nitrogens with one attached hydrogen (secondary N) is 1. The van der Waals surface area contributed by atoms with Crippen LogP contribution >= 0.6 is 0 Å². The van der Waals surface area contributed by atoms with Gasteiger partial charge in [-0.25, -0.2) is 4.79 Å². The van der Waals surface area contributed by atoms with Gasteiger partial charge in [0.2, 0.25) is 0 Å². The zero-order valence-corrected chi connectivity index (χ0v) is 14.6. The van der Waals surface area contributed by atoms with Gasteiger partial charge < -0.3 is 15.0 Å². The number of urea groups is 1. The van der Waals surface area contributed by atoms with Crippen LogP contribution < -0.4 is 10.1 Å². The summed E-state index contributed by atoms with van der Waals surface area (Å²) >= 11 is 0. The van der Waals surface area contributed by atoms with Crippen LogP contribution in [0.4, 0.5) is 4.79 Å². The Morgan fingerprint density at radius 3 is 2.72 bits per heavy atom. The van der Waals surface area contributed by atoms with Crippen LogP contribution in [-0.2, 0) is 6.54 Å². The standard InChI is InChI=1S/C20H25N3O2/c1-16-13-21-10-7-18(16)14-22-20(24)23-11-8-17(9-12-23)15-25-19-5-3-2-4-6-19/h2-7,10,13,17H,8-9,11-12,14-15H2,1H3,(H,22,24). The van der Waals surface area contributed by atoms with Crippen LogP contribution in [0.2, 0.25) is 0 Å². The Kier molecular flexibility index (Phi) is 5.88. The number of aryl methyl sites for hydroxylation is 1. The molecule has 2 aromatic rings. The zero-order valence-electron chi connectivity index (χ0n) is 14.6. The molecule has 0 atom stereocenters. The van der Waals surface area contributed by atoms with Gasteiger partial charge >= 0.3 is 6.03 Å². The van der Waals surface area contributed by atoms with E-state index >= 15 is 0 Å². The topological polar surface area (TPSA) is 54.5 Å². The number of amides is 2. The fraction of sp³-hybridized carbons (Fsp3) is 0.400. The maximum absolute atomic E-state index is 12.3. The van der Waals surface area contributed by atoms with Gasteiger partial charge in [0.1, 0.15) is 5.75 Å². The van der Waals surface area contributed by atoms with Crippen LogP contribution in [0.1, 0.15) is 24.0 Å². The summed E-state index contributed by atoms with van der Waals surface area (Å²) in [6.07, 6.45) is 5.54. The third kappa shape index (κ3) is 4.95. The molecule has 1 aromatic heterocycles. The first kappa shape index (κ1) is 17.3. The second-order valence-corrected chi connectivity index (χ2v) is 6.52. The van der Waals surface area contributed by atoms with E-state index in [1.54, 1.807) is 6.20 Å². The summed E-state index contributed by atoms with van der Waals surface area (Å²) < 4.78 is 5.83. The summed E-state index contributed by atoms with van der Waals surface area (Å²) in [6.45, 7) is 4.83. The van der Waals surface area contributed by atoms with Gasteiger partial charge in [0.05, 0.1) is 6.61 Å². The fourth-order valence-corrected chi connectivity index (χ4v) is 3.02. The lowest BCUT2D eigenvalue weighted by molar-refractivity contribution is 0.145. The number of piperidine rings is 1. The minimum Gasteiger partial charge on any atom is -0.493 e. The van der Waals surface area contributed by atoms with Crippen molar-refractivity contribution in [3.05, 3.63) is 59.9 Å². The predicted molar refractivity (Wildman–Crippen MR) is 97.4 cm³/mol. The summed E-state index contributed by atoms with van der Waals surface area (Å²) in [7, 11) is 0. The van der Waals surface area contributed by atoms with Gasteiger partial charge in [0, 0.05) is 32.0 Å². The average Bonchev–Trinajstić information content (AvgIpc) is 2.67. The summed E-state index contributed by atoms with van der Waals surface area (Å²) in [4.78, 5) is 18.3. The van der Waals surface area contributed by atoms with Gasteiger partial charge in [-0.3, -0.25) is 4.98 Å². The Morgan fingerprint density at radius 2 is 2.00 bits per heavy atom. The van der Waals surface area contributed by atoms with Crippen LogP contribution in [0.15, 0.2) is 48.8 Å². The number of carbonyl (C=O) groups excluding carboxylic acids is 1. The molecule has 1 N–H and O–H groups in total. The van der Waals surface area contributed by atoms with E-state index in [0.29, 0.717) is 12.5 Å². The molecule has 2 amide bonds. The molecule has 0 saturated carbocycles. The second kappa shape index (κ2) is 8.51. The lowest BCUT2D eigenvalue weighted by Crippen LogP contribution is -2.44. The molecule has 1 aliphatic rings. The molecule has 0 unspecified atom stereocenters. The van der Waals surface area contributed by atoms with Gasteiger partial charge in [0.15, 0.2) is 0 Å². The molecule has 0 aliphatic carbocycles. The van der Waals surface area contributed by atoms with E-state index in [-0.39, 0.29) is 6.03 Å². The van der Waals surface area contributed by atoms with Crippen molar-refractivity contribution in [3.8, 4) is 5.75 Å². The number of carbonyl (C=O) groups is 1. The molecule has 1 aromatic carbocycles. The highest BCUT2D eigenvalue weighted by Crippen LogP contribution is 2.19. The fourth-order valence-electron chi connectivity index (χ4n) is 3.02. The lowest BCUT2D eigenvalue weighted by Gasteiger charge is -2.32. The van der Waals surface area contributed by atoms with Crippen LogP contribution in [0, 0.1) is 12.8 Å². The Morgan fingerprint density at radius 1 is 1.24 bits per heavy atom. The summed E-state index contributed by atoms with van der Waals surface area (Å²) in [5.41, 5.74) is 2.20. The molecule has 1 fully saturated rings. The number of pyridine rings is 1. The Labute approximate surface area is 149 Å². The number of likely N-dealkylation sites (tertiary alicyclic amines) is 1. The van der Waals surface area contributed by atoms with Crippen molar-refractivity contribution in [2.24, 2.45) is 5.92 Å². The Bertz CT molecular complexity index is 682. The van der Waals surface area contributed by atoms with Crippen LogP contribution in [-0.4, -0.2) is 35.6 Å². The Balaban J connectivity index is 1.39. The lowest BCUT2D eigenvalue weighted by atomic mass is 9.98. The van der Waals surface area contributed by atoms with Crippen molar-refractivity contribution in [3.63, 3.8) is 0 Å². The average molecular weight is 339 g/mol. The highest BCUT2D eigenvalue weighted by molar-refractivity contribution is 5.74. The third-order valence-corrected chi connectivity index (χ3v) is 4.70. The molecule has 0 bridgehead atoms. The molecule has 1 saturated heterocycles. The molecule has 0 radical (unpaired) electrons. The highest BCUT2D eigenvalue weighted by Gasteiger charge is 2.23. The van der Waals surface area contributed by atoms with Crippen LogP contribution in [0.3, 0.4) is 0 Å². The SMILES string of the molecule is Cc1cnccc1CNC(=O)N1CCC(COc2ccccc2)CC1. The number of benzene rings is 1. The van der Waals surface area contributed by atoms with E-state index in [9.17, 15) is 4.79 Å². The van der Waals surface area contributed by atoms with Crippen molar-refractivity contribution in [2.45, 2.75) is 26.3 Å². The van der Waals surface area contributed by atoms with E-state index in [4.69, 9.17) is 4.74 Å². The molecule has 0 spiro atoms. The monoisotopic (exact) mass is 339 g/mol. The first-order chi connectivity index (χ1) is 12.2. The van der Waals surface area contributed by atoms with Gasteiger partial charge in [0.25, 0.3) is 0 Å². The third-order valence-electron chi connectivity index (χ3n) is 4.70. The van der Waals surface area contributed by atoms with E-state index in [1.165, 1.54) is 0 Å². The molecule has 5 nitrogen and oxygen atoms in total. The van der Waals surface area contributed by atoms with E-state index < -0.39 is 0 Å². The quantitative estimate of drug-likeness (QED) is 0.908. The van der Waals surface area contributed by atoms with E-state index in [0.717, 1.165) is 49.4 Å². The molecule has 25 heavy (non-hydrogen) atoms. The van der Waals surface area contributed by atoms with Crippen LogP contribution in [0.25, 0.3) is 0 Å². The maximum Gasteiger partial charge on any atom is 0.317 e. The predicted octanol–water partition coefficient (Wildman–Crippen LogP) is 3.39. The number of nitrogens with zero attached hydrogens (tertiary/aromatic N) is 2. The molecular weight excluding hydrogens is 314 g/mol. The number of rotatable bonds is 5. The van der Waals surface area contributed by atoms with Crippen molar-refractivity contribution < 1.29 is 9.53 Å². The van der Waals surface area contributed by atoms with Crippen molar-refractivity contribution >= 4 is 6.03 Å². The first-order valence-electron chi connectivity index (χ1n) is 8.82. The smallest absolute Gasteiger partial charge is 0.317 e. The summed E-state index contributed by atoms with van der Waals surface area (Å²) in [6, 6.07) is 11.9. The van der Waals surface area contributed by atoms with Gasteiger partial charge in [-0.15, -0.1) is 0 Å². The molecule has 1 aliphatic heterocycles. The number of ether oxygens (including phenoxy) is 1. The van der Waals surface area contributed by atoms with Crippen molar-refractivity contribution in [1.82, 2.24) is 15.2 Å². The van der Waals surface area contributed by atoms with Crippen molar-refractivity contribution in [2.75, 3.05) is 19.7 Å². The minimum absolute atomic E-state index is 0.0126. The van der Waals surface area contributed by atoms with E-state index in [2.05, 4.69) is 10.3 Å². The Hall–Kier alpha value is -2.56. The number of hydrogen-bond donors (Lipinski definition) is 1. The molecule has 5 heteroatoms. The molecule has 3 rings (SSSR count). The zero-order chi connectivity index (χ0) is 17.5. The van der Waals surface area contributed by atoms with Gasteiger partial charge in [-0.05, 0) is 55.0 Å². The van der Waals surface area contributed by atoms with Gasteiger partial charge in [-0.1, -0.05) is 18.2 Å². The number of aromatic nitrogens is 1. The van der Waals surface area contributed by atoms with Crippen molar-refractivity contribution in [1.29, 1.82) is 0 Å². The molecule has 2 heterocycles. The highest BCUT2D eigenvalue weighted by atomic mass is 16.5. The summed E-state index contributed by atoms with van der Waals surface area (Å²) in [5.74, 6) is 1.42. The van der Waals surface area contributed by atoms with Gasteiger partial charge in [-0.2, -0.15) is 0 Å². The first-order valence-corrected chi connectivity index (χ1v) is 8.82. The minimum atomic E-state index is 0.0126. The largest absolute Gasteiger partial charge is 0.493 e. The van der Waals surface area contributed by atoms with Crippen LogP contribution in [0.5, 0.6) is 5.75 Å². The molecular formula is C20H25N3O2. The normalized spacial score (nSPS) is 15.0. The maximum atomic E-state index is 12.3. The molecule has 132 valence electrons. The number of para-hydroxylation sites is 1. The summed E-state index contributed by atoms with van der Waals surface area (Å²) in [5, 5.41) is 3.01. The second-order valence-electron chi connectivity index (χ2n) is 6.52.